The van der Waals surface area contributed by atoms with E-state index in [0.29, 0.717) is 9.86 Å². The molecular formula is C19H18BrN3O5S. The number of fused-ring (bicyclic) bond motifs is 1. The van der Waals surface area contributed by atoms with E-state index in [1.54, 1.807) is 30.3 Å². The number of carbonyl (C=O) groups is 1. The third-order valence-electron chi connectivity index (χ3n) is 5.23. The minimum absolute atomic E-state index is 0.0760. The molecule has 0 atom stereocenters. The number of rotatable bonds is 3. The second-order valence-electron chi connectivity index (χ2n) is 6.94. The number of likely N-dealkylation sites (tertiary alicyclic amines) is 1. The van der Waals surface area contributed by atoms with Crippen molar-refractivity contribution in [2.75, 3.05) is 13.1 Å². The topological polar surface area (TPSA) is 113 Å². The quantitative estimate of drug-likeness (QED) is 0.596. The van der Waals surface area contributed by atoms with Crippen LogP contribution in [-0.2, 0) is 15.6 Å². The van der Waals surface area contributed by atoms with Crippen molar-refractivity contribution in [1.29, 1.82) is 0 Å². The van der Waals surface area contributed by atoms with Gasteiger partial charge in [0.1, 0.15) is 5.60 Å². The molecule has 1 saturated heterocycles. The maximum absolute atomic E-state index is 13.5. The Morgan fingerprint density at radius 3 is 2.41 bits per heavy atom. The Labute approximate surface area is 175 Å². The summed E-state index contributed by atoms with van der Waals surface area (Å²) in [5.41, 5.74) is -1.12. The van der Waals surface area contributed by atoms with Crippen molar-refractivity contribution in [3.63, 3.8) is 0 Å². The van der Waals surface area contributed by atoms with Crippen LogP contribution in [-0.4, -0.2) is 51.7 Å². The molecule has 3 aromatic rings. The fourth-order valence-electron chi connectivity index (χ4n) is 3.63. The van der Waals surface area contributed by atoms with E-state index in [2.05, 4.69) is 20.9 Å². The molecule has 152 valence electrons. The molecule has 2 aromatic heterocycles. The van der Waals surface area contributed by atoms with Gasteiger partial charge in [-0.05, 0) is 53.0 Å². The Morgan fingerprint density at radius 1 is 1.14 bits per heavy atom. The van der Waals surface area contributed by atoms with Crippen molar-refractivity contribution in [1.82, 2.24) is 13.9 Å². The zero-order valence-corrected chi connectivity index (χ0v) is 17.6. The van der Waals surface area contributed by atoms with Gasteiger partial charge in [0.05, 0.1) is 10.6 Å². The highest BCUT2D eigenvalue weighted by Gasteiger charge is 2.41. The van der Waals surface area contributed by atoms with Gasteiger partial charge in [-0.25, -0.2) is 22.2 Å². The summed E-state index contributed by atoms with van der Waals surface area (Å²) in [6, 6.07) is 11.3. The molecule has 0 radical (unpaired) electrons. The van der Waals surface area contributed by atoms with Gasteiger partial charge in [0, 0.05) is 29.1 Å². The van der Waals surface area contributed by atoms with Crippen LogP contribution in [0.1, 0.15) is 18.5 Å². The summed E-state index contributed by atoms with van der Waals surface area (Å²) in [5, 5.41) is 21.1. The summed E-state index contributed by atoms with van der Waals surface area (Å²) in [4.78, 5) is 16.8. The maximum atomic E-state index is 13.5. The molecule has 1 aliphatic heterocycles. The van der Waals surface area contributed by atoms with E-state index < -0.39 is 21.7 Å². The van der Waals surface area contributed by atoms with E-state index in [-0.39, 0.29) is 42.2 Å². The van der Waals surface area contributed by atoms with Gasteiger partial charge >= 0.3 is 6.09 Å². The molecule has 0 unspecified atom stereocenters. The van der Waals surface area contributed by atoms with E-state index >= 15 is 0 Å². The van der Waals surface area contributed by atoms with Gasteiger partial charge in [-0.2, -0.15) is 0 Å². The molecular weight excluding hydrogens is 462 g/mol. The number of aromatic nitrogens is 2. The molecule has 0 saturated carbocycles. The first-order chi connectivity index (χ1) is 13.7. The molecule has 2 N–H and O–H groups in total. The van der Waals surface area contributed by atoms with Crippen molar-refractivity contribution in [3.05, 3.63) is 58.8 Å². The largest absolute Gasteiger partial charge is 0.465 e. The van der Waals surface area contributed by atoms with Crippen LogP contribution in [0.5, 0.6) is 0 Å². The maximum Gasteiger partial charge on any atom is 0.407 e. The van der Waals surface area contributed by atoms with Gasteiger partial charge < -0.3 is 15.1 Å². The lowest BCUT2D eigenvalue weighted by Gasteiger charge is -2.37. The molecule has 3 heterocycles. The molecule has 0 bridgehead atoms. The number of benzene rings is 1. The highest BCUT2D eigenvalue weighted by molar-refractivity contribution is 9.10. The van der Waals surface area contributed by atoms with Crippen LogP contribution >= 0.6 is 15.9 Å². The second-order valence-corrected chi connectivity index (χ2v) is 9.58. The molecule has 0 aliphatic carbocycles. The van der Waals surface area contributed by atoms with Gasteiger partial charge in [-0.15, -0.1) is 0 Å². The molecule has 1 fully saturated rings. The highest BCUT2D eigenvalue weighted by atomic mass is 79.9. The number of hydrogen-bond acceptors (Lipinski definition) is 5. The third-order valence-corrected chi connectivity index (χ3v) is 7.64. The summed E-state index contributed by atoms with van der Waals surface area (Å²) in [5.74, 6) is 0. The smallest absolute Gasteiger partial charge is 0.407 e. The average Bonchev–Trinajstić information content (AvgIpc) is 3.12. The van der Waals surface area contributed by atoms with E-state index in [4.69, 9.17) is 0 Å². The number of piperidine rings is 1. The van der Waals surface area contributed by atoms with Crippen LogP contribution in [0.15, 0.2) is 58.0 Å². The third kappa shape index (κ3) is 3.30. The lowest BCUT2D eigenvalue weighted by atomic mass is 9.88. The first-order valence-corrected chi connectivity index (χ1v) is 11.1. The minimum atomic E-state index is -4.04. The van der Waals surface area contributed by atoms with E-state index in [9.17, 15) is 23.4 Å². The Morgan fingerprint density at radius 2 is 1.79 bits per heavy atom. The molecule has 0 spiro atoms. The van der Waals surface area contributed by atoms with Crippen molar-refractivity contribution >= 4 is 43.1 Å². The van der Waals surface area contributed by atoms with Crippen molar-refractivity contribution < 1.29 is 23.4 Å². The second kappa shape index (κ2) is 7.12. The Hall–Kier alpha value is -2.43. The van der Waals surface area contributed by atoms with Gasteiger partial charge in [-0.3, -0.25) is 0 Å². The van der Waals surface area contributed by atoms with Crippen LogP contribution < -0.4 is 0 Å². The zero-order valence-electron chi connectivity index (χ0n) is 15.2. The lowest BCUT2D eigenvalue weighted by Crippen LogP contribution is -2.45. The number of hydrogen-bond donors (Lipinski definition) is 2. The van der Waals surface area contributed by atoms with Gasteiger partial charge in [-0.1, -0.05) is 18.2 Å². The van der Waals surface area contributed by atoms with Crippen LogP contribution in [0.3, 0.4) is 0 Å². The molecule has 10 heteroatoms. The predicted molar refractivity (Wildman–Crippen MR) is 109 cm³/mol. The number of aliphatic hydroxyl groups is 1. The molecule has 8 nitrogen and oxygen atoms in total. The Bertz CT molecular complexity index is 1190. The van der Waals surface area contributed by atoms with Crippen LogP contribution in [0, 0.1) is 0 Å². The zero-order chi connectivity index (χ0) is 20.8. The van der Waals surface area contributed by atoms with Gasteiger partial charge in [0.25, 0.3) is 10.0 Å². The van der Waals surface area contributed by atoms with E-state index in [0.717, 1.165) is 3.97 Å². The van der Waals surface area contributed by atoms with Crippen molar-refractivity contribution in [2.45, 2.75) is 23.3 Å². The SMILES string of the molecule is O=C(O)N1CCC(O)(c2cc3c(Br)ccnc3n2S(=O)(=O)c2ccccc2)CC1. The van der Waals surface area contributed by atoms with Crippen LogP contribution in [0.25, 0.3) is 11.0 Å². The summed E-state index contributed by atoms with van der Waals surface area (Å²) in [7, 11) is -4.04. The Kier molecular flexibility index (Phi) is 4.88. The average molecular weight is 480 g/mol. The molecule has 1 aliphatic rings. The van der Waals surface area contributed by atoms with E-state index in [1.165, 1.54) is 23.2 Å². The van der Waals surface area contributed by atoms with Crippen LogP contribution in [0.4, 0.5) is 4.79 Å². The first-order valence-electron chi connectivity index (χ1n) is 8.91. The molecule has 1 amide bonds. The summed E-state index contributed by atoms with van der Waals surface area (Å²) in [6.45, 7) is 0.209. The monoisotopic (exact) mass is 479 g/mol. The standard InChI is InChI=1S/C19H18BrN3O5S/c20-15-6-9-21-17-14(15)12-16(19(26)7-10-22(11-8-19)18(24)25)23(17)29(27,28)13-4-2-1-3-5-13/h1-6,9,12,26H,7-8,10-11H2,(H,24,25). The highest BCUT2D eigenvalue weighted by Crippen LogP contribution is 2.39. The van der Waals surface area contributed by atoms with Crippen molar-refractivity contribution in [2.24, 2.45) is 0 Å². The lowest BCUT2D eigenvalue weighted by molar-refractivity contribution is -0.0250. The molecule has 1 aromatic carbocycles. The van der Waals surface area contributed by atoms with Gasteiger partial charge in [0.2, 0.25) is 0 Å². The molecule has 4 rings (SSSR count). The summed E-state index contributed by atoms with van der Waals surface area (Å²) >= 11 is 3.42. The summed E-state index contributed by atoms with van der Waals surface area (Å²) < 4.78 is 28.7. The predicted octanol–water partition coefficient (Wildman–Crippen LogP) is 3.00. The number of halogens is 1. The number of nitrogens with zero attached hydrogens (tertiary/aromatic N) is 3. The number of carboxylic acid groups (broad SMARTS) is 1. The number of amides is 1. The minimum Gasteiger partial charge on any atom is -0.465 e. The van der Waals surface area contributed by atoms with E-state index in [1.807, 2.05) is 0 Å². The summed E-state index contributed by atoms with van der Waals surface area (Å²) in [6.07, 6.45) is 0.591. The normalized spacial score (nSPS) is 16.8. The molecule has 29 heavy (non-hydrogen) atoms. The van der Waals surface area contributed by atoms with Crippen molar-refractivity contribution in [3.8, 4) is 0 Å². The van der Waals surface area contributed by atoms with Gasteiger partial charge in [0.15, 0.2) is 5.65 Å². The Balaban J connectivity index is 1.93. The first kappa shape index (κ1) is 19.9. The number of pyridine rings is 1. The van der Waals surface area contributed by atoms with Crippen LogP contribution in [0.2, 0.25) is 0 Å². The fraction of sp³-hybridized carbons (Fsp3) is 0.263. The fourth-order valence-corrected chi connectivity index (χ4v) is 5.61.